The van der Waals surface area contributed by atoms with Gasteiger partial charge in [-0.15, -0.1) is 0 Å². The summed E-state index contributed by atoms with van der Waals surface area (Å²) in [4.78, 5) is 15.6. The standard InChI is InChI=1S/C14H9F2N3O3/c15-14(16)22-9-3-1-8(2-4-9)10-7-11(13(20)21)19-12(18-10)5-6-17-19/h1-7,14H,(H,20,21). The predicted molar refractivity (Wildman–Crippen MR) is 72.0 cm³/mol. The van der Waals surface area contributed by atoms with Crippen LogP contribution < -0.4 is 4.74 Å². The zero-order valence-electron chi connectivity index (χ0n) is 11.0. The molecule has 1 N–H and O–H groups in total. The normalized spacial score (nSPS) is 11.0. The molecule has 0 atom stereocenters. The molecule has 1 aromatic carbocycles. The average molecular weight is 305 g/mol. The number of benzene rings is 1. The van der Waals surface area contributed by atoms with Gasteiger partial charge in [0.05, 0.1) is 11.9 Å². The summed E-state index contributed by atoms with van der Waals surface area (Å²) < 4.78 is 29.7. The summed E-state index contributed by atoms with van der Waals surface area (Å²) in [6.07, 6.45) is 1.44. The number of nitrogens with zero attached hydrogens (tertiary/aromatic N) is 3. The average Bonchev–Trinajstić information content (AvgIpc) is 2.94. The number of halogens is 2. The fourth-order valence-electron chi connectivity index (χ4n) is 2.02. The van der Waals surface area contributed by atoms with E-state index in [-0.39, 0.29) is 11.4 Å². The highest BCUT2D eigenvalue weighted by atomic mass is 19.3. The van der Waals surface area contributed by atoms with Crippen molar-refractivity contribution in [3.8, 4) is 17.0 Å². The number of hydrogen-bond donors (Lipinski definition) is 1. The minimum Gasteiger partial charge on any atom is -0.477 e. The van der Waals surface area contributed by atoms with E-state index in [9.17, 15) is 18.7 Å². The lowest BCUT2D eigenvalue weighted by atomic mass is 10.1. The van der Waals surface area contributed by atoms with E-state index in [4.69, 9.17) is 0 Å². The molecule has 0 radical (unpaired) electrons. The second-order valence-electron chi connectivity index (χ2n) is 4.34. The number of fused-ring (bicyclic) bond motifs is 1. The summed E-state index contributed by atoms with van der Waals surface area (Å²) in [6.45, 7) is -2.90. The predicted octanol–water partition coefficient (Wildman–Crippen LogP) is 2.70. The van der Waals surface area contributed by atoms with Gasteiger partial charge in [-0.2, -0.15) is 13.9 Å². The smallest absolute Gasteiger partial charge is 0.387 e. The fourth-order valence-corrected chi connectivity index (χ4v) is 2.02. The molecule has 2 heterocycles. The van der Waals surface area contributed by atoms with Gasteiger partial charge >= 0.3 is 12.6 Å². The van der Waals surface area contributed by atoms with Gasteiger partial charge in [-0.1, -0.05) is 0 Å². The highest BCUT2D eigenvalue weighted by Crippen LogP contribution is 2.23. The lowest BCUT2D eigenvalue weighted by Crippen LogP contribution is -2.08. The van der Waals surface area contributed by atoms with E-state index in [1.54, 1.807) is 6.07 Å². The largest absolute Gasteiger partial charge is 0.477 e. The maximum Gasteiger partial charge on any atom is 0.387 e. The van der Waals surface area contributed by atoms with E-state index in [1.807, 2.05) is 0 Å². The van der Waals surface area contributed by atoms with Gasteiger partial charge in [0.15, 0.2) is 11.3 Å². The van der Waals surface area contributed by atoms with Crippen molar-refractivity contribution in [2.24, 2.45) is 0 Å². The van der Waals surface area contributed by atoms with Gasteiger partial charge in [-0.05, 0) is 30.3 Å². The number of hydrogen-bond acceptors (Lipinski definition) is 4. The van der Waals surface area contributed by atoms with Crippen LogP contribution in [0.25, 0.3) is 16.9 Å². The van der Waals surface area contributed by atoms with Crippen LogP contribution in [0.4, 0.5) is 8.78 Å². The first-order chi connectivity index (χ1) is 10.5. The SMILES string of the molecule is O=C(O)c1cc(-c2ccc(OC(F)F)cc2)nc2ccnn12. The molecule has 0 aliphatic heterocycles. The molecule has 8 heteroatoms. The van der Waals surface area contributed by atoms with Crippen LogP contribution in [0.3, 0.4) is 0 Å². The van der Waals surface area contributed by atoms with Gasteiger partial charge in [-0.25, -0.2) is 14.3 Å². The van der Waals surface area contributed by atoms with E-state index in [0.29, 0.717) is 16.9 Å². The summed E-state index contributed by atoms with van der Waals surface area (Å²) in [5.74, 6) is -1.13. The Morgan fingerprint density at radius 1 is 1.23 bits per heavy atom. The molecule has 0 unspecified atom stereocenters. The molecular formula is C14H9F2N3O3. The van der Waals surface area contributed by atoms with Crippen LogP contribution >= 0.6 is 0 Å². The number of carboxylic acid groups (broad SMARTS) is 1. The summed E-state index contributed by atoms with van der Waals surface area (Å²) in [5, 5.41) is 13.1. The zero-order chi connectivity index (χ0) is 15.7. The second-order valence-corrected chi connectivity index (χ2v) is 4.34. The summed E-state index contributed by atoms with van der Waals surface area (Å²) in [6, 6.07) is 8.72. The van der Waals surface area contributed by atoms with Gasteiger partial charge in [-0.3, -0.25) is 0 Å². The first-order valence-electron chi connectivity index (χ1n) is 6.18. The molecule has 0 aliphatic carbocycles. The minimum absolute atomic E-state index is 0.0163. The Morgan fingerprint density at radius 2 is 1.95 bits per heavy atom. The zero-order valence-corrected chi connectivity index (χ0v) is 11.0. The first kappa shape index (κ1) is 13.9. The fraction of sp³-hybridized carbons (Fsp3) is 0.0714. The van der Waals surface area contributed by atoms with E-state index in [0.717, 1.165) is 0 Å². The van der Waals surface area contributed by atoms with Crippen molar-refractivity contribution in [2.45, 2.75) is 6.61 Å². The number of ether oxygens (including phenoxy) is 1. The maximum absolute atomic E-state index is 12.1. The van der Waals surface area contributed by atoms with E-state index in [1.165, 1.54) is 41.0 Å². The molecule has 0 fully saturated rings. The highest BCUT2D eigenvalue weighted by molar-refractivity contribution is 5.88. The Kier molecular flexibility index (Phi) is 3.42. The molecule has 6 nitrogen and oxygen atoms in total. The summed E-state index contributed by atoms with van der Waals surface area (Å²) in [7, 11) is 0. The van der Waals surface area contributed by atoms with Crippen LogP contribution in [-0.2, 0) is 0 Å². The summed E-state index contributed by atoms with van der Waals surface area (Å²) in [5.41, 5.74) is 1.31. The van der Waals surface area contributed by atoms with Gasteiger partial charge in [0.2, 0.25) is 0 Å². The van der Waals surface area contributed by atoms with Crippen molar-refractivity contribution in [3.05, 3.63) is 48.3 Å². The van der Waals surface area contributed by atoms with Crippen molar-refractivity contribution in [1.82, 2.24) is 14.6 Å². The van der Waals surface area contributed by atoms with E-state index >= 15 is 0 Å². The third kappa shape index (κ3) is 2.58. The van der Waals surface area contributed by atoms with Crippen LogP contribution in [0.2, 0.25) is 0 Å². The number of rotatable bonds is 4. The molecule has 0 saturated carbocycles. The van der Waals surface area contributed by atoms with Crippen LogP contribution in [0.5, 0.6) is 5.75 Å². The van der Waals surface area contributed by atoms with Crippen molar-refractivity contribution in [1.29, 1.82) is 0 Å². The number of carboxylic acids is 1. The minimum atomic E-state index is -2.90. The highest BCUT2D eigenvalue weighted by Gasteiger charge is 2.13. The van der Waals surface area contributed by atoms with Crippen LogP contribution in [0, 0.1) is 0 Å². The van der Waals surface area contributed by atoms with Crippen molar-refractivity contribution >= 4 is 11.6 Å². The maximum atomic E-state index is 12.1. The van der Waals surface area contributed by atoms with Gasteiger partial charge in [0.1, 0.15) is 5.75 Å². The van der Waals surface area contributed by atoms with Crippen LogP contribution in [0.15, 0.2) is 42.6 Å². The molecule has 3 aromatic rings. The number of aromatic carboxylic acids is 1. The third-order valence-electron chi connectivity index (χ3n) is 2.95. The third-order valence-corrected chi connectivity index (χ3v) is 2.95. The molecule has 0 saturated heterocycles. The Labute approximate surface area is 122 Å². The van der Waals surface area contributed by atoms with Gasteiger partial charge in [0.25, 0.3) is 0 Å². The Balaban J connectivity index is 2.04. The van der Waals surface area contributed by atoms with Crippen molar-refractivity contribution in [2.75, 3.05) is 0 Å². The van der Waals surface area contributed by atoms with Gasteiger partial charge < -0.3 is 9.84 Å². The topological polar surface area (TPSA) is 76.7 Å². The Hall–Kier alpha value is -3.03. The number of alkyl halides is 2. The molecule has 0 spiro atoms. The molecule has 2 aromatic heterocycles. The molecule has 0 bridgehead atoms. The monoisotopic (exact) mass is 305 g/mol. The van der Waals surface area contributed by atoms with Crippen molar-refractivity contribution < 1.29 is 23.4 Å². The lowest BCUT2D eigenvalue weighted by molar-refractivity contribution is -0.0498. The molecule has 112 valence electrons. The van der Waals surface area contributed by atoms with Crippen molar-refractivity contribution in [3.63, 3.8) is 0 Å². The second kappa shape index (κ2) is 5.40. The summed E-state index contributed by atoms with van der Waals surface area (Å²) >= 11 is 0. The quantitative estimate of drug-likeness (QED) is 0.802. The van der Waals surface area contributed by atoms with Crippen LogP contribution in [0.1, 0.15) is 10.5 Å². The number of aromatic nitrogens is 3. The molecular weight excluding hydrogens is 296 g/mol. The number of carbonyl (C=O) groups is 1. The first-order valence-corrected chi connectivity index (χ1v) is 6.18. The van der Waals surface area contributed by atoms with E-state index < -0.39 is 12.6 Å². The van der Waals surface area contributed by atoms with Gasteiger partial charge in [0, 0.05) is 11.6 Å². The lowest BCUT2D eigenvalue weighted by Gasteiger charge is -2.07. The van der Waals surface area contributed by atoms with Crippen LogP contribution in [-0.4, -0.2) is 32.3 Å². The molecule has 0 amide bonds. The molecule has 3 rings (SSSR count). The molecule has 22 heavy (non-hydrogen) atoms. The Morgan fingerprint density at radius 3 is 2.59 bits per heavy atom. The van der Waals surface area contributed by atoms with E-state index in [2.05, 4.69) is 14.8 Å². The molecule has 0 aliphatic rings. The Bertz CT molecular complexity index is 831.